The first kappa shape index (κ1) is 14.1. The van der Waals surface area contributed by atoms with Crippen LogP contribution in [0.25, 0.3) is 0 Å². The largest absolute Gasteiger partial charge is 0.294 e. The van der Waals surface area contributed by atoms with Crippen molar-refractivity contribution in [3.8, 4) is 0 Å². The molecule has 1 N–H and O–H groups in total. The highest BCUT2D eigenvalue weighted by Crippen LogP contribution is 2.51. The summed E-state index contributed by atoms with van der Waals surface area (Å²) in [7, 11) is -4.01. The van der Waals surface area contributed by atoms with Crippen LogP contribution >= 0.6 is 23.5 Å². The normalized spacial score (nSPS) is 30.2. The molecule has 1 saturated heterocycles. The van der Waals surface area contributed by atoms with E-state index in [1.54, 1.807) is 0 Å². The summed E-state index contributed by atoms with van der Waals surface area (Å²) < 4.78 is 30.1. The predicted molar refractivity (Wildman–Crippen MR) is 68.5 cm³/mol. The van der Waals surface area contributed by atoms with Gasteiger partial charge in [0, 0.05) is 5.75 Å². The molecule has 1 rings (SSSR count). The van der Waals surface area contributed by atoms with Crippen molar-refractivity contribution in [2.24, 2.45) is 0 Å². The Kier molecular flexibility index (Phi) is 4.50. The molecule has 1 heterocycles. The van der Waals surface area contributed by atoms with Gasteiger partial charge in [-0.1, -0.05) is 13.5 Å². The Morgan fingerprint density at radius 1 is 1.69 bits per heavy atom. The average molecular weight is 282 g/mol. The summed E-state index contributed by atoms with van der Waals surface area (Å²) in [6.07, 6.45) is 1.85. The van der Waals surface area contributed by atoms with Gasteiger partial charge in [0.15, 0.2) is 5.78 Å². The lowest BCUT2D eigenvalue weighted by molar-refractivity contribution is -0.113. The Morgan fingerprint density at radius 2 is 2.31 bits per heavy atom. The first-order valence-electron chi connectivity index (χ1n) is 4.75. The van der Waals surface area contributed by atoms with Crippen LogP contribution in [0, 0.1) is 0 Å². The van der Waals surface area contributed by atoms with Crippen LogP contribution in [0.4, 0.5) is 0 Å². The van der Waals surface area contributed by atoms with Gasteiger partial charge in [-0.05, 0) is 12.5 Å². The average Bonchev–Trinajstić information content (AvgIpc) is 2.59. The molecule has 0 saturated carbocycles. The molecule has 4 nitrogen and oxygen atoms in total. The Labute approximate surface area is 104 Å². The maximum absolute atomic E-state index is 11.4. The van der Waals surface area contributed by atoms with E-state index in [0.29, 0.717) is 12.2 Å². The zero-order valence-electron chi connectivity index (χ0n) is 8.88. The van der Waals surface area contributed by atoms with Gasteiger partial charge >= 0.3 is 0 Å². The number of allylic oxidation sites excluding steroid dienone is 1. The van der Waals surface area contributed by atoms with Crippen molar-refractivity contribution < 1.29 is 17.8 Å². The summed E-state index contributed by atoms with van der Waals surface area (Å²) in [5, 5.41) is -0.246. The molecule has 0 bridgehead atoms. The molecule has 7 heteroatoms. The number of carbonyl (C=O) groups excluding carboxylic acids is 1. The monoisotopic (exact) mass is 282 g/mol. The quantitative estimate of drug-likeness (QED) is 0.610. The maximum atomic E-state index is 11.4. The smallest absolute Gasteiger partial charge is 0.267 e. The van der Waals surface area contributed by atoms with Crippen LogP contribution in [0.1, 0.15) is 13.3 Å². The summed E-state index contributed by atoms with van der Waals surface area (Å²) in [5.74, 6) is 0.175. The lowest BCUT2D eigenvalue weighted by Crippen LogP contribution is -2.28. The van der Waals surface area contributed by atoms with E-state index in [4.69, 9.17) is 4.55 Å². The molecule has 0 aromatic carbocycles. The highest BCUT2D eigenvalue weighted by Gasteiger charge is 2.44. The van der Waals surface area contributed by atoms with E-state index < -0.39 is 14.2 Å². The second kappa shape index (κ2) is 5.12. The summed E-state index contributed by atoms with van der Waals surface area (Å²) in [4.78, 5) is 11.4. The number of hydrogen-bond donors (Lipinski definition) is 1. The maximum Gasteiger partial charge on any atom is 0.267 e. The SMILES string of the molecule is C=CC(=O)C1CSC(CC)(CS(=O)(=O)O)S1. The fraction of sp³-hybridized carbons (Fsp3) is 0.667. The van der Waals surface area contributed by atoms with Crippen LogP contribution in [0.5, 0.6) is 0 Å². The standard InChI is InChI=1S/C9H14O4S3/c1-3-7(10)8-5-14-9(4-2,15-8)6-16(11,12)13/h3,8H,1,4-6H2,2H3,(H,11,12,13). The minimum atomic E-state index is -4.01. The van der Waals surface area contributed by atoms with Crippen molar-refractivity contribution >= 4 is 39.4 Å². The van der Waals surface area contributed by atoms with Crippen molar-refractivity contribution in [2.45, 2.75) is 22.7 Å². The Balaban J connectivity index is 2.79. The number of ketones is 1. The van der Waals surface area contributed by atoms with E-state index in [1.165, 1.54) is 29.6 Å². The Hall–Kier alpha value is 0.0200. The molecule has 2 unspecified atom stereocenters. The summed E-state index contributed by atoms with van der Waals surface area (Å²) in [6, 6.07) is 0. The van der Waals surface area contributed by atoms with Gasteiger partial charge in [0.1, 0.15) is 0 Å². The van der Waals surface area contributed by atoms with E-state index >= 15 is 0 Å². The van der Waals surface area contributed by atoms with Crippen molar-refractivity contribution in [1.29, 1.82) is 0 Å². The molecule has 0 aromatic heterocycles. The van der Waals surface area contributed by atoms with Crippen molar-refractivity contribution in [3.05, 3.63) is 12.7 Å². The van der Waals surface area contributed by atoms with Gasteiger partial charge in [0.25, 0.3) is 10.1 Å². The lowest BCUT2D eigenvalue weighted by atomic mass is 10.3. The number of rotatable bonds is 5. The molecule has 1 aliphatic heterocycles. The van der Waals surface area contributed by atoms with E-state index in [1.807, 2.05) is 6.92 Å². The Bertz CT molecular complexity index is 390. The molecule has 0 spiro atoms. The molecule has 0 aliphatic carbocycles. The minimum Gasteiger partial charge on any atom is -0.294 e. The van der Waals surface area contributed by atoms with Crippen LogP contribution < -0.4 is 0 Å². The van der Waals surface area contributed by atoms with Crippen LogP contribution in [-0.2, 0) is 14.9 Å². The molecule has 1 aliphatic rings. The van der Waals surface area contributed by atoms with Gasteiger partial charge in [-0.3, -0.25) is 9.35 Å². The van der Waals surface area contributed by atoms with Crippen LogP contribution in [0.15, 0.2) is 12.7 Å². The van der Waals surface area contributed by atoms with E-state index in [9.17, 15) is 13.2 Å². The van der Waals surface area contributed by atoms with Crippen molar-refractivity contribution in [3.63, 3.8) is 0 Å². The van der Waals surface area contributed by atoms with Gasteiger partial charge in [-0.25, -0.2) is 0 Å². The van der Waals surface area contributed by atoms with Crippen LogP contribution in [-0.4, -0.2) is 39.6 Å². The van der Waals surface area contributed by atoms with Gasteiger partial charge in [0.2, 0.25) is 0 Å². The fourth-order valence-electron chi connectivity index (χ4n) is 1.47. The summed E-state index contributed by atoms with van der Waals surface area (Å²) in [5.41, 5.74) is 0. The van der Waals surface area contributed by atoms with Gasteiger partial charge < -0.3 is 0 Å². The molecule has 1 fully saturated rings. The van der Waals surface area contributed by atoms with Crippen LogP contribution in [0.3, 0.4) is 0 Å². The predicted octanol–water partition coefficient (Wildman–Crippen LogP) is 1.58. The number of hydrogen-bond acceptors (Lipinski definition) is 5. The zero-order chi connectivity index (χ0) is 12.4. The van der Waals surface area contributed by atoms with E-state index in [2.05, 4.69) is 6.58 Å². The number of thioether (sulfide) groups is 2. The van der Waals surface area contributed by atoms with Crippen molar-refractivity contribution in [1.82, 2.24) is 0 Å². The van der Waals surface area contributed by atoms with E-state index in [0.717, 1.165) is 0 Å². The molecular formula is C9H14O4S3. The second-order valence-electron chi connectivity index (χ2n) is 3.51. The highest BCUT2D eigenvalue weighted by molar-refractivity contribution is 8.22. The third-order valence-corrected chi connectivity index (χ3v) is 7.40. The molecule has 92 valence electrons. The molecule has 0 amide bonds. The Morgan fingerprint density at radius 3 is 2.75 bits per heavy atom. The van der Waals surface area contributed by atoms with Gasteiger partial charge in [-0.2, -0.15) is 8.42 Å². The van der Waals surface area contributed by atoms with Crippen molar-refractivity contribution in [2.75, 3.05) is 11.5 Å². The van der Waals surface area contributed by atoms with Crippen LogP contribution in [0.2, 0.25) is 0 Å². The fourth-order valence-corrected chi connectivity index (χ4v) is 6.75. The molecule has 2 atom stereocenters. The third kappa shape index (κ3) is 3.51. The molecule has 16 heavy (non-hydrogen) atoms. The first-order chi connectivity index (χ1) is 7.32. The summed E-state index contributed by atoms with van der Waals surface area (Å²) >= 11 is 2.74. The van der Waals surface area contributed by atoms with E-state index in [-0.39, 0.29) is 16.8 Å². The van der Waals surface area contributed by atoms with Gasteiger partial charge in [0.05, 0.1) is 15.1 Å². The topological polar surface area (TPSA) is 71.4 Å². The minimum absolute atomic E-state index is 0.0804. The molecule has 0 aromatic rings. The zero-order valence-corrected chi connectivity index (χ0v) is 11.3. The van der Waals surface area contributed by atoms with Gasteiger partial charge in [-0.15, -0.1) is 23.5 Å². The molecule has 0 radical (unpaired) electrons. The third-order valence-electron chi connectivity index (χ3n) is 2.31. The highest BCUT2D eigenvalue weighted by atomic mass is 32.2. The lowest BCUT2D eigenvalue weighted by Gasteiger charge is -2.24. The first-order valence-corrected chi connectivity index (χ1v) is 8.22. The number of carbonyl (C=O) groups is 1. The second-order valence-corrected chi connectivity index (χ2v) is 8.22. The molecular weight excluding hydrogens is 268 g/mol. The summed E-state index contributed by atoms with van der Waals surface area (Å²) in [6.45, 7) is 5.27.